The van der Waals surface area contributed by atoms with Gasteiger partial charge < -0.3 is 9.13 Å². The first-order valence-electron chi connectivity index (χ1n) is 18.7. The Bertz CT molecular complexity index is 3250. The minimum Gasteiger partial charge on any atom is -0.309 e. The summed E-state index contributed by atoms with van der Waals surface area (Å²) in [5, 5.41) is 7.47. The van der Waals surface area contributed by atoms with Crippen LogP contribution in [-0.4, -0.2) is 9.13 Å². The van der Waals surface area contributed by atoms with Gasteiger partial charge in [-0.05, 0) is 124 Å². The number of rotatable bonds is 5. The third-order valence-corrected chi connectivity index (χ3v) is 11.7. The number of hydrogen-bond acceptors (Lipinski definition) is 0. The molecule has 2 heterocycles. The van der Waals surface area contributed by atoms with E-state index in [1.807, 2.05) is 0 Å². The van der Waals surface area contributed by atoms with Crippen LogP contribution >= 0.6 is 15.9 Å². The second kappa shape index (κ2) is 12.7. The zero-order valence-electron chi connectivity index (χ0n) is 29.8. The van der Waals surface area contributed by atoms with Crippen molar-refractivity contribution in [1.29, 1.82) is 0 Å². The van der Waals surface area contributed by atoms with Gasteiger partial charge in [0.15, 0.2) is 0 Å². The molecule has 11 aromatic rings. The monoisotopic (exact) mass is 764 g/mol. The number of para-hydroxylation sites is 3. The quantitative estimate of drug-likeness (QED) is 0.165. The van der Waals surface area contributed by atoms with Crippen molar-refractivity contribution in [2.45, 2.75) is 0 Å². The molecule has 2 nitrogen and oxygen atoms in total. The SMILES string of the molecule is Brc1ccc(-c2cc(-c3ccc4c(c3)c3ccccc3n4-c3ccccc3)cc(-c3ccc4c(c3)c3ccccc3n4-c3cccc4ccccc34)c2)cc1. The Morgan fingerprint density at radius 3 is 1.42 bits per heavy atom. The van der Waals surface area contributed by atoms with Gasteiger partial charge in [0.2, 0.25) is 0 Å². The highest BCUT2D eigenvalue weighted by Crippen LogP contribution is 2.40. The zero-order valence-corrected chi connectivity index (χ0v) is 31.4. The van der Waals surface area contributed by atoms with Gasteiger partial charge in [0, 0.05) is 37.1 Å². The molecule has 0 fully saturated rings. The topological polar surface area (TPSA) is 9.86 Å². The van der Waals surface area contributed by atoms with Crippen molar-refractivity contribution >= 4 is 70.3 Å². The normalized spacial score (nSPS) is 11.7. The number of fused-ring (bicyclic) bond motifs is 7. The molecule has 0 saturated carbocycles. The fourth-order valence-corrected chi connectivity index (χ4v) is 8.86. The van der Waals surface area contributed by atoms with Crippen LogP contribution in [0.3, 0.4) is 0 Å². The number of halogens is 1. The van der Waals surface area contributed by atoms with Crippen LogP contribution in [-0.2, 0) is 0 Å². The highest BCUT2D eigenvalue weighted by atomic mass is 79.9. The van der Waals surface area contributed by atoms with Crippen molar-refractivity contribution in [3.05, 3.63) is 205 Å². The zero-order chi connectivity index (χ0) is 36.5. The summed E-state index contributed by atoms with van der Waals surface area (Å²) in [7, 11) is 0. The lowest BCUT2D eigenvalue weighted by Crippen LogP contribution is -1.95. The Balaban J connectivity index is 1.12. The van der Waals surface area contributed by atoms with E-state index < -0.39 is 0 Å². The van der Waals surface area contributed by atoms with E-state index in [4.69, 9.17) is 0 Å². The Labute approximate surface area is 327 Å². The summed E-state index contributed by atoms with van der Waals surface area (Å²) in [5.74, 6) is 0. The molecule has 11 rings (SSSR count). The van der Waals surface area contributed by atoms with Crippen LogP contribution in [0.5, 0.6) is 0 Å². The molecule has 2 aromatic heterocycles. The molecule has 0 aliphatic carbocycles. The first-order valence-corrected chi connectivity index (χ1v) is 19.5. The lowest BCUT2D eigenvalue weighted by molar-refractivity contribution is 1.18. The fraction of sp³-hybridized carbons (Fsp3) is 0. The lowest BCUT2D eigenvalue weighted by atomic mass is 9.92. The van der Waals surface area contributed by atoms with E-state index in [9.17, 15) is 0 Å². The average Bonchev–Trinajstić information content (AvgIpc) is 3.76. The molecule has 0 saturated heterocycles. The van der Waals surface area contributed by atoms with Crippen LogP contribution in [0.25, 0.3) is 99.1 Å². The Morgan fingerprint density at radius 1 is 0.291 bits per heavy atom. The summed E-state index contributed by atoms with van der Waals surface area (Å²) in [6.45, 7) is 0. The average molecular weight is 766 g/mol. The largest absolute Gasteiger partial charge is 0.309 e. The minimum absolute atomic E-state index is 1.07. The number of hydrogen-bond donors (Lipinski definition) is 0. The molecular weight excluding hydrogens is 732 g/mol. The molecule has 0 atom stereocenters. The van der Waals surface area contributed by atoms with Crippen LogP contribution in [0.2, 0.25) is 0 Å². The van der Waals surface area contributed by atoms with Gasteiger partial charge in [-0.2, -0.15) is 0 Å². The van der Waals surface area contributed by atoms with Gasteiger partial charge in [0.1, 0.15) is 0 Å². The van der Waals surface area contributed by atoms with Crippen molar-refractivity contribution in [1.82, 2.24) is 9.13 Å². The lowest BCUT2D eigenvalue weighted by Gasteiger charge is -2.13. The van der Waals surface area contributed by atoms with Crippen molar-refractivity contribution in [3.63, 3.8) is 0 Å². The maximum atomic E-state index is 3.65. The van der Waals surface area contributed by atoms with Crippen molar-refractivity contribution < 1.29 is 0 Å². The Hall–Kier alpha value is -6.68. The molecule has 9 aromatic carbocycles. The molecule has 0 bridgehead atoms. The standard InChI is InChI=1S/C52H33BrN2/c53-41-25-21-34(22-26-41)38-29-39(36-23-27-51-46(32-36)44-16-6-8-18-49(44)54(51)42-13-2-1-3-14-42)31-40(30-38)37-24-28-52-47(33-37)45-17-7-9-19-50(45)55(52)48-20-10-12-35-11-4-5-15-43(35)48/h1-33H. The summed E-state index contributed by atoms with van der Waals surface area (Å²) in [6, 6.07) is 73.1. The van der Waals surface area contributed by atoms with Gasteiger partial charge >= 0.3 is 0 Å². The number of aromatic nitrogens is 2. The molecule has 0 unspecified atom stereocenters. The van der Waals surface area contributed by atoms with E-state index in [0.717, 1.165) is 10.2 Å². The predicted molar refractivity (Wildman–Crippen MR) is 237 cm³/mol. The minimum atomic E-state index is 1.07. The first kappa shape index (κ1) is 31.8. The van der Waals surface area contributed by atoms with Gasteiger partial charge in [-0.25, -0.2) is 0 Å². The molecule has 55 heavy (non-hydrogen) atoms. The van der Waals surface area contributed by atoms with Crippen LogP contribution in [0, 0.1) is 0 Å². The predicted octanol–water partition coefficient (Wildman–Crippen LogP) is 14.8. The number of benzene rings is 9. The van der Waals surface area contributed by atoms with E-state index in [0.29, 0.717) is 0 Å². The summed E-state index contributed by atoms with van der Waals surface area (Å²) in [6.07, 6.45) is 0. The highest BCUT2D eigenvalue weighted by Gasteiger charge is 2.17. The van der Waals surface area contributed by atoms with Crippen LogP contribution in [0.4, 0.5) is 0 Å². The fourth-order valence-electron chi connectivity index (χ4n) is 8.59. The van der Waals surface area contributed by atoms with Crippen molar-refractivity contribution in [3.8, 4) is 44.8 Å². The molecule has 0 aliphatic rings. The molecule has 258 valence electrons. The molecule has 3 heteroatoms. The number of nitrogens with zero attached hydrogens (tertiary/aromatic N) is 2. The smallest absolute Gasteiger partial charge is 0.0541 e. The molecule has 0 N–H and O–H groups in total. The van der Waals surface area contributed by atoms with E-state index in [2.05, 4.69) is 225 Å². The maximum absolute atomic E-state index is 3.65. The van der Waals surface area contributed by atoms with Gasteiger partial charge in [-0.1, -0.05) is 131 Å². The van der Waals surface area contributed by atoms with Gasteiger partial charge in [0.05, 0.1) is 27.8 Å². The van der Waals surface area contributed by atoms with Gasteiger partial charge in [0.25, 0.3) is 0 Å². The molecular formula is C52H33BrN2. The summed E-state index contributed by atoms with van der Waals surface area (Å²) >= 11 is 3.65. The summed E-state index contributed by atoms with van der Waals surface area (Å²) < 4.78 is 5.88. The van der Waals surface area contributed by atoms with Gasteiger partial charge in [-0.3, -0.25) is 0 Å². The van der Waals surface area contributed by atoms with Gasteiger partial charge in [-0.15, -0.1) is 0 Å². The molecule has 0 spiro atoms. The van der Waals surface area contributed by atoms with Crippen LogP contribution in [0.1, 0.15) is 0 Å². The Kier molecular flexibility index (Phi) is 7.36. The third kappa shape index (κ3) is 5.23. The van der Waals surface area contributed by atoms with Crippen LogP contribution in [0.15, 0.2) is 205 Å². The first-order chi connectivity index (χ1) is 27.2. The van der Waals surface area contributed by atoms with Crippen molar-refractivity contribution in [2.24, 2.45) is 0 Å². The summed E-state index contributed by atoms with van der Waals surface area (Å²) in [5.41, 5.74) is 14.3. The van der Waals surface area contributed by atoms with E-state index >= 15 is 0 Å². The third-order valence-electron chi connectivity index (χ3n) is 11.1. The van der Waals surface area contributed by atoms with E-state index in [-0.39, 0.29) is 0 Å². The second-order valence-corrected chi connectivity index (χ2v) is 15.2. The van der Waals surface area contributed by atoms with E-state index in [1.165, 1.54) is 93.5 Å². The van der Waals surface area contributed by atoms with Crippen molar-refractivity contribution in [2.75, 3.05) is 0 Å². The van der Waals surface area contributed by atoms with Crippen LogP contribution < -0.4 is 0 Å². The molecule has 0 aliphatic heterocycles. The highest BCUT2D eigenvalue weighted by molar-refractivity contribution is 9.10. The second-order valence-electron chi connectivity index (χ2n) is 14.3. The van der Waals surface area contributed by atoms with E-state index in [1.54, 1.807) is 0 Å². The molecule has 0 amide bonds. The molecule has 0 radical (unpaired) electrons. The Morgan fingerprint density at radius 2 is 0.764 bits per heavy atom. The summed E-state index contributed by atoms with van der Waals surface area (Å²) in [4.78, 5) is 0. The maximum Gasteiger partial charge on any atom is 0.0541 e.